The summed E-state index contributed by atoms with van der Waals surface area (Å²) in [5, 5.41) is 20.2. The second kappa shape index (κ2) is 15.4. The first-order valence-electron chi connectivity index (χ1n) is 14.3. The molecule has 0 aliphatic heterocycles. The summed E-state index contributed by atoms with van der Waals surface area (Å²) in [6.45, 7) is 0. The van der Waals surface area contributed by atoms with E-state index in [-0.39, 0.29) is 81.5 Å². The fraction of sp³-hybridized carbons (Fsp3) is 0.235. The van der Waals surface area contributed by atoms with Crippen molar-refractivity contribution in [2.24, 2.45) is 0 Å². The number of aryl methyl sites for hydroxylation is 2. The second-order valence-corrected chi connectivity index (χ2v) is 11.6. The zero-order chi connectivity index (χ0) is 34.1. The first-order chi connectivity index (χ1) is 22.5. The maximum Gasteiger partial charge on any atom is 0.584 e. The number of hydrogen-bond acceptors (Lipinski definition) is 11. The Balaban J connectivity index is 1.38. The van der Waals surface area contributed by atoms with Gasteiger partial charge in [-0.15, -0.1) is 0 Å². The van der Waals surface area contributed by atoms with Crippen LogP contribution in [0.3, 0.4) is 0 Å². The highest BCUT2D eigenvalue weighted by atomic mass is 31.2. The van der Waals surface area contributed by atoms with E-state index in [0.29, 0.717) is 24.0 Å². The Bertz CT molecular complexity index is 1620. The quantitative estimate of drug-likeness (QED) is 0.0901. The van der Waals surface area contributed by atoms with E-state index in [4.69, 9.17) is 28.0 Å². The summed E-state index contributed by atoms with van der Waals surface area (Å²) in [6, 6.07) is 18.0. The number of carbonyl (C=O) groups is 2. The smallest absolute Gasteiger partial charge is 0.502 e. The molecule has 13 heteroatoms. The van der Waals surface area contributed by atoms with Crippen LogP contribution in [0.4, 0.5) is 0 Å². The van der Waals surface area contributed by atoms with Crippen molar-refractivity contribution in [2.75, 3.05) is 28.4 Å². The lowest BCUT2D eigenvalue weighted by atomic mass is 10.0. The van der Waals surface area contributed by atoms with Crippen molar-refractivity contribution in [1.29, 1.82) is 0 Å². The summed E-state index contributed by atoms with van der Waals surface area (Å²) in [6.07, 6.45) is 0.792. The SMILES string of the molecule is COc1cc(CCC(=O)c2cccc(OP(=O)(O)Oc3cccc(C(=O)CCc4cc(OC)c(O)c(OC)c4)c3)c2)cc(OC)c1O. The molecule has 0 bridgehead atoms. The molecule has 0 aromatic heterocycles. The van der Waals surface area contributed by atoms with Crippen molar-refractivity contribution in [3.05, 3.63) is 95.1 Å². The van der Waals surface area contributed by atoms with E-state index in [2.05, 4.69) is 0 Å². The molecule has 0 unspecified atom stereocenters. The highest BCUT2D eigenvalue weighted by Gasteiger charge is 2.26. The number of Topliss-reactive ketones (excluding diaryl/α,β-unsaturated/α-hetero) is 2. The number of phenols is 2. The molecule has 0 saturated carbocycles. The molecule has 0 amide bonds. The van der Waals surface area contributed by atoms with Gasteiger partial charge in [-0.1, -0.05) is 24.3 Å². The van der Waals surface area contributed by atoms with Crippen LogP contribution in [0.25, 0.3) is 0 Å². The summed E-state index contributed by atoms with van der Waals surface area (Å²) in [7, 11) is 0.901. The van der Waals surface area contributed by atoms with Crippen LogP contribution in [0.5, 0.6) is 46.0 Å². The molecule has 248 valence electrons. The van der Waals surface area contributed by atoms with Crippen molar-refractivity contribution in [3.8, 4) is 46.0 Å². The number of carbonyl (C=O) groups excluding carboxylic acids is 2. The molecule has 4 aromatic rings. The molecule has 0 atom stereocenters. The minimum Gasteiger partial charge on any atom is -0.502 e. The molecule has 0 radical (unpaired) electrons. The number of hydrogen-bond donors (Lipinski definition) is 3. The van der Waals surface area contributed by atoms with Gasteiger partial charge in [0.1, 0.15) is 11.5 Å². The topological polar surface area (TPSA) is 167 Å². The van der Waals surface area contributed by atoms with Crippen LogP contribution in [0.15, 0.2) is 72.8 Å². The molecular formula is C34H35O12P. The van der Waals surface area contributed by atoms with Gasteiger partial charge in [-0.2, -0.15) is 0 Å². The number of phenolic OH excluding ortho intramolecular Hbond substituents is 2. The van der Waals surface area contributed by atoms with Gasteiger partial charge in [0, 0.05) is 24.0 Å². The lowest BCUT2D eigenvalue weighted by molar-refractivity contribution is 0.0974. The van der Waals surface area contributed by atoms with Crippen molar-refractivity contribution < 1.29 is 57.3 Å². The Hall–Kier alpha value is -5.19. The largest absolute Gasteiger partial charge is 0.584 e. The fourth-order valence-electron chi connectivity index (χ4n) is 4.73. The first kappa shape index (κ1) is 34.7. The van der Waals surface area contributed by atoms with Crippen molar-refractivity contribution in [1.82, 2.24) is 0 Å². The Labute approximate surface area is 271 Å². The third kappa shape index (κ3) is 8.96. The van der Waals surface area contributed by atoms with E-state index >= 15 is 0 Å². The van der Waals surface area contributed by atoms with E-state index in [9.17, 15) is 29.3 Å². The maximum absolute atomic E-state index is 12.9. The maximum atomic E-state index is 12.9. The lowest BCUT2D eigenvalue weighted by Crippen LogP contribution is -2.05. The van der Waals surface area contributed by atoms with Crippen LogP contribution in [0.2, 0.25) is 0 Å². The van der Waals surface area contributed by atoms with E-state index in [1.165, 1.54) is 64.8 Å². The standard InChI is InChI=1S/C34H35O12P/c1-41-29-15-21(16-30(42-2)33(29)37)11-13-27(35)23-7-5-9-25(19-23)45-47(39,40)46-26-10-6-8-24(20-26)28(36)14-12-22-17-31(43-3)34(38)32(18-22)44-4/h5-10,15-20,37-38H,11-14H2,1-4H3,(H,39,40). The molecule has 0 fully saturated rings. The van der Waals surface area contributed by atoms with Crippen LogP contribution in [0.1, 0.15) is 44.7 Å². The van der Waals surface area contributed by atoms with Crippen LogP contribution >= 0.6 is 7.82 Å². The number of rotatable bonds is 16. The second-order valence-electron chi connectivity index (χ2n) is 10.3. The number of ether oxygens (including phenoxy) is 4. The summed E-state index contributed by atoms with van der Waals surface area (Å²) in [5.41, 5.74) is 1.90. The Morgan fingerprint density at radius 1 is 0.596 bits per heavy atom. The molecule has 3 N–H and O–H groups in total. The number of methoxy groups -OCH3 is 4. The Kier molecular flexibility index (Phi) is 11.4. The summed E-state index contributed by atoms with van der Waals surface area (Å²) >= 11 is 0. The normalized spacial score (nSPS) is 11.0. The van der Waals surface area contributed by atoms with Crippen LogP contribution in [-0.4, -0.2) is 55.1 Å². The third-order valence-electron chi connectivity index (χ3n) is 7.11. The molecule has 0 aliphatic rings. The van der Waals surface area contributed by atoms with Gasteiger partial charge in [-0.3, -0.25) is 14.5 Å². The van der Waals surface area contributed by atoms with Gasteiger partial charge in [0.2, 0.25) is 11.5 Å². The predicted octanol–water partition coefficient (Wildman–Crippen LogP) is 6.32. The first-order valence-corrected chi connectivity index (χ1v) is 15.8. The Morgan fingerprint density at radius 3 is 1.26 bits per heavy atom. The number of benzene rings is 4. The van der Waals surface area contributed by atoms with Gasteiger partial charge in [-0.25, -0.2) is 4.57 Å². The molecule has 4 rings (SSSR count). The van der Waals surface area contributed by atoms with Gasteiger partial charge in [-0.05, 0) is 72.5 Å². The van der Waals surface area contributed by atoms with E-state index in [1.54, 1.807) is 36.4 Å². The number of aromatic hydroxyl groups is 2. The molecule has 47 heavy (non-hydrogen) atoms. The minimum absolute atomic E-state index is 0.0679. The van der Waals surface area contributed by atoms with Crippen molar-refractivity contribution in [2.45, 2.75) is 25.7 Å². The summed E-state index contributed by atoms with van der Waals surface area (Å²) in [4.78, 5) is 36.4. The lowest BCUT2D eigenvalue weighted by Gasteiger charge is -2.15. The molecule has 4 aromatic carbocycles. The van der Waals surface area contributed by atoms with Crippen LogP contribution in [0, 0.1) is 0 Å². The van der Waals surface area contributed by atoms with E-state index < -0.39 is 7.82 Å². The molecule has 0 heterocycles. The van der Waals surface area contributed by atoms with Gasteiger partial charge in [0.25, 0.3) is 0 Å². The number of phosphoric ester groups is 1. The van der Waals surface area contributed by atoms with Gasteiger partial charge in [0.05, 0.1) is 28.4 Å². The molecule has 12 nitrogen and oxygen atoms in total. The average Bonchev–Trinajstić information content (AvgIpc) is 3.06. The summed E-state index contributed by atoms with van der Waals surface area (Å²) in [5.74, 6) is -0.0770. The minimum atomic E-state index is -4.73. The van der Waals surface area contributed by atoms with Crippen molar-refractivity contribution >= 4 is 19.4 Å². The van der Waals surface area contributed by atoms with Gasteiger partial charge < -0.3 is 38.2 Å². The van der Waals surface area contributed by atoms with Crippen LogP contribution in [-0.2, 0) is 17.4 Å². The van der Waals surface area contributed by atoms with E-state index in [1.807, 2.05) is 0 Å². The molecular weight excluding hydrogens is 631 g/mol. The average molecular weight is 667 g/mol. The van der Waals surface area contributed by atoms with Gasteiger partial charge >= 0.3 is 7.82 Å². The zero-order valence-electron chi connectivity index (χ0n) is 26.2. The van der Waals surface area contributed by atoms with Gasteiger partial charge in [0.15, 0.2) is 34.6 Å². The van der Waals surface area contributed by atoms with E-state index in [0.717, 1.165) is 0 Å². The molecule has 0 spiro atoms. The highest BCUT2D eigenvalue weighted by molar-refractivity contribution is 7.48. The van der Waals surface area contributed by atoms with Crippen LogP contribution < -0.4 is 28.0 Å². The predicted molar refractivity (Wildman–Crippen MR) is 172 cm³/mol. The third-order valence-corrected chi connectivity index (χ3v) is 8.00. The monoisotopic (exact) mass is 666 g/mol. The van der Waals surface area contributed by atoms with Crippen molar-refractivity contribution in [3.63, 3.8) is 0 Å². The Morgan fingerprint density at radius 2 is 0.936 bits per heavy atom. The fourth-order valence-corrected chi connectivity index (χ4v) is 5.52. The number of phosphoric acid groups is 1. The molecule has 0 aliphatic carbocycles. The highest BCUT2D eigenvalue weighted by Crippen LogP contribution is 2.45. The number of ketones is 2. The molecule has 0 saturated heterocycles. The zero-order valence-corrected chi connectivity index (χ0v) is 27.1. The summed E-state index contributed by atoms with van der Waals surface area (Å²) < 4.78 is 44.0.